The van der Waals surface area contributed by atoms with E-state index in [0.717, 1.165) is 0 Å². The Morgan fingerprint density at radius 1 is 0.750 bits per heavy atom. The van der Waals surface area contributed by atoms with Gasteiger partial charge in [-0.25, -0.2) is 0 Å². The number of hydrogen-bond donors (Lipinski definition) is 1. The van der Waals surface area contributed by atoms with E-state index in [2.05, 4.69) is 0 Å². The van der Waals surface area contributed by atoms with Gasteiger partial charge in [-0.15, -0.1) is 0 Å². The van der Waals surface area contributed by atoms with E-state index in [0.29, 0.717) is 0 Å². The average Bonchev–Trinajstić information content (AvgIpc) is 1.85. The third kappa shape index (κ3) is 3.06. The van der Waals surface area contributed by atoms with Crippen LogP contribution in [0.3, 0.4) is 0 Å². The molecule has 0 aromatic carbocycles. The summed E-state index contributed by atoms with van der Waals surface area (Å²) >= 11 is 0. The maximum atomic E-state index is 9.77. The lowest BCUT2D eigenvalue weighted by molar-refractivity contribution is -0.0749. The van der Waals surface area contributed by atoms with Gasteiger partial charge in [0.1, 0.15) is 12.4 Å². The number of likely N-dealkylation sites (N-methyl/N-ethyl adjacent to an activating group) is 3. The van der Waals surface area contributed by atoms with Crippen molar-refractivity contribution in [3.8, 4) is 0 Å². The van der Waals surface area contributed by atoms with E-state index < -0.39 is 6.23 Å². The van der Waals surface area contributed by atoms with E-state index in [4.69, 9.17) is 0 Å². The molecule has 0 spiro atoms. The third-order valence-electron chi connectivity index (χ3n) is 1.85. The van der Waals surface area contributed by atoms with Crippen LogP contribution in [-0.2, 0) is 0 Å². The molecule has 0 amide bonds. The quantitative estimate of drug-likeness (QED) is 0.573. The fourth-order valence-corrected chi connectivity index (χ4v) is 1.26. The first-order valence-corrected chi connectivity index (χ1v) is 4.05. The van der Waals surface area contributed by atoms with Crippen LogP contribution in [0.1, 0.15) is 0 Å². The molecule has 4 heteroatoms. The number of hydrogen-bond acceptors (Lipinski definition) is 4. The van der Waals surface area contributed by atoms with Gasteiger partial charge in [-0.2, -0.15) is 0 Å². The molecule has 0 saturated heterocycles. The van der Waals surface area contributed by atoms with Crippen LogP contribution in [0.25, 0.3) is 0 Å². The van der Waals surface area contributed by atoms with Crippen molar-refractivity contribution in [1.29, 1.82) is 0 Å². The van der Waals surface area contributed by atoms with Crippen molar-refractivity contribution in [3.63, 3.8) is 0 Å². The Bertz CT molecular complexity index is 117. The summed E-state index contributed by atoms with van der Waals surface area (Å²) in [5.74, 6) is 0. The molecule has 0 aliphatic heterocycles. The number of aliphatic hydroxyl groups is 1. The minimum atomic E-state index is -0.463. The molecule has 1 atom stereocenters. The zero-order chi connectivity index (χ0) is 9.89. The highest BCUT2D eigenvalue weighted by atomic mass is 16.3. The second-order valence-electron chi connectivity index (χ2n) is 3.72. The van der Waals surface area contributed by atoms with Gasteiger partial charge >= 0.3 is 0 Å². The zero-order valence-electron chi connectivity index (χ0n) is 8.94. The molecule has 0 heterocycles. The van der Waals surface area contributed by atoms with Gasteiger partial charge in [-0.3, -0.25) is 14.7 Å². The van der Waals surface area contributed by atoms with Gasteiger partial charge in [-0.05, 0) is 42.3 Å². The van der Waals surface area contributed by atoms with Crippen LogP contribution in [0.15, 0.2) is 0 Å². The average molecular weight is 175 g/mol. The largest absolute Gasteiger partial charge is 0.375 e. The predicted octanol–water partition coefficient (Wildman–Crippen LogP) is -0.684. The minimum absolute atomic E-state index is 0.0278. The van der Waals surface area contributed by atoms with Crippen LogP contribution < -0.4 is 0 Å². The molecule has 1 unspecified atom stereocenters. The Labute approximate surface area is 75.4 Å². The Morgan fingerprint density at radius 2 is 1.08 bits per heavy atom. The van der Waals surface area contributed by atoms with Gasteiger partial charge < -0.3 is 5.11 Å². The first-order valence-electron chi connectivity index (χ1n) is 4.05. The smallest absolute Gasteiger partial charge is 0.136 e. The van der Waals surface area contributed by atoms with E-state index >= 15 is 0 Å². The summed E-state index contributed by atoms with van der Waals surface area (Å²) in [5.41, 5.74) is 0. The molecule has 0 saturated carbocycles. The second kappa shape index (κ2) is 4.77. The van der Waals surface area contributed by atoms with Crippen molar-refractivity contribution in [2.75, 3.05) is 42.3 Å². The molecule has 0 rings (SSSR count). The van der Waals surface area contributed by atoms with Crippen LogP contribution in [-0.4, -0.2) is 74.5 Å². The Balaban J connectivity index is 4.30. The van der Waals surface area contributed by atoms with Crippen molar-refractivity contribution in [2.24, 2.45) is 0 Å². The van der Waals surface area contributed by atoms with E-state index in [-0.39, 0.29) is 6.17 Å². The van der Waals surface area contributed by atoms with Crippen LogP contribution in [0.4, 0.5) is 0 Å². The van der Waals surface area contributed by atoms with Crippen LogP contribution >= 0.6 is 0 Å². The molecular formula is C8H21N3O. The molecule has 0 aromatic rings. The standard InChI is InChI=1S/C8H21N3O/c1-9(2)7(10(3)4)8(12)11(5)6/h7-8,12H,1-6H3. The summed E-state index contributed by atoms with van der Waals surface area (Å²) in [6.07, 6.45) is -0.435. The summed E-state index contributed by atoms with van der Waals surface area (Å²) < 4.78 is 0. The Kier molecular flexibility index (Phi) is 4.70. The number of aliphatic hydroxyl groups excluding tert-OH is 1. The van der Waals surface area contributed by atoms with Gasteiger partial charge in [0.2, 0.25) is 0 Å². The van der Waals surface area contributed by atoms with Gasteiger partial charge in [0.15, 0.2) is 0 Å². The van der Waals surface area contributed by atoms with Crippen LogP contribution in [0, 0.1) is 0 Å². The van der Waals surface area contributed by atoms with E-state index in [1.807, 2.05) is 52.1 Å². The maximum Gasteiger partial charge on any atom is 0.136 e. The molecule has 0 aliphatic carbocycles. The SMILES string of the molecule is CN(C)C(O)C(N(C)C)N(C)C. The molecule has 0 fully saturated rings. The monoisotopic (exact) mass is 175 g/mol. The molecule has 4 nitrogen and oxygen atoms in total. The van der Waals surface area contributed by atoms with Crippen molar-refractivity contribution in [2.45, 2.75) is 12.4 Å². The molecule has 0 aliphatic rings. The highest BCUT2D eigenvalue weighted by Crippen LogP contribution is 2.05. The van der Waals surface area contributed by atoms with Gasteiger partial charge in [0.05, 0.1) is 0 Å². The van der Waals surface area contributed by atoms with E-state index in [1.54, 1.807) is 4.90 Å². The number of nitrogens with zero attached hydrogens (tertiary/aromatic N) is 3. The first kappa shape index (κ1) is 11.8. The molecule has 0 aromatic heterocycles. The summed E-state index contributed by atoms with van der Waals surface area (Å²) in [5, 5.41) is 9.77. The topological polar surface area (TPSA) is 30.0 Å². The highest BCUT2D eigenvalue weighted by Gasteiger charge is 2.24. The highest BCUT2D eigenvalue weighted by molar-refractivity contribution is 4.70. The molecule has 0 radical (unpaired) electrons. The molecule has 1 N–H and O–H groups in total. The van der Waals surface area contributed by atoms with Gasteiger partial charge in [0.25, 0.3) is 0 Å². The van der Waals surface area contributed by atoms with Crippen molar-refractivity contribution in [1.82, 2.24) is 14.7 Å². The fourth-order valence-electron chi connectivity index (χ4n) is 1.26. The molecule has 74 valence electrons. The maximum absolute atomic E-state index is 9.77. The van der Waals surface area contributed by atoms with Crippen LogP contribution in [0.5, 0.6) is 0 Å². The summed E-state index contributed by atoms with van der Waals surface area (Å²) in [7, 11) is 11.6. The minimum Gasteiger partial charge on any atom is -0.375 e. The second-order valence-corrected chi connectivity index (χ2v) is 3.72. The first-order chi connectivity index (χ1) is 5.37. The Morgan fingerprint density at radius 3 is 1.17 bits per heavy atom. The van der Waals surface area contributed by atoms with Gasteiger partial charge in [-0.1, -0.05) is 0 Å². The van der Waals surface area contributed by atoms with Crippen molar-refractivity contribution in [3.05, 3.63) is 0 Å². The van der Waals surface area contributed by atoms with Crippen LogP contribution in [0.2, 0.25) is 0 Å². The molecule has 0 bridgehead atoms. The Hall–Kier alpha value is -0.160. The zero-order valence-corrected chi connectivity index (χ0v) is 8.94. The van der Waals surface area contributed by atoms with Crippen molar-refractivity contribution < 1.29 is 5.11 Å². The van der Waals surface area contributed by atoms with E-state index in [1.165, 1.54) is 0 Å². The number of rotatable bonds is 4. The molecular weight excluding hydrogens is 154 g/mol. The third-order valence-corrected chi connectivity index (χ3v) is 1.85. The summed E-state index contributed by atoms with van der Waals surface area (Å²) in [6, 6.07) is 0. The predicted molar refractivity (Wildman–Crippen MR) is 50.9 cm³/mol. The normalized spacial score (nSPS) is 15.2. The lowest BCUT2D eigenvalue weighted by atomic mass is 10.3. The molecule has 12 heavy (non-hydrogen) atoms. The lowest BCUT2D eigenvalue weighted by Crippen LogP contribution is -2.54. The van der Waals surface area contributed by atoms with Gasteiger partial charge in [0, 0.05) is 0 Å². The van der Waals surface area contributed by atoms with E-state index in [9.17, 15) is 5.11 Å². The lowest BCUT2D eigenvalue weighted by Gasteiger charge is -2.37. The van der Waals surface area contributed by atoms with Crippen molar-refractivity contribution >= 4 is 0 Å². The summed E-state index contributed by atoms with van der Waals surface area (Å²) in [4.78, 5) is 5.78. The fraction of sp³-hybridized carbons (Fsp3) is 1.00. The summed E-state index contributed by atoms with van der Waals surface area (Å²) in [6.45, 7) is 0.